The average Bonchev–Trinajstić information content (AvgIpc) is 4.18. The van der Waals surface area contributed by atoms with Crippen LogP contribution in [-0.4, -0.2) is 54.0 Å². The summed E-state index contributed by atoms with van der Waals surface area (Å²) in [4.78, 5) is 17.2. The summed E-state index contributed by atoms with van der Waals surface area (Å²) in [5, 5.41) is 1.99. The Labute approximate surface area is 370 Å². The molecule has 4 aromatic carbocycles. The van der Waals surface area contributed by atoms with Crippen molar-refractivity contribution in [3.8, 4) is 23.0 Å². The molecule has 8 nitrogen and oxygen atoms in total. The fourth-order valence-electron chi connectivity index (χ4n) is 5.94. The molecule has 9 heteroatoms. The summed E-state index contributed by atoms with van der Waals surface area (Å²) in [5.41, 5.74) is 10.0. The molecule has 0 spiro atoms. The molecule has 0 fully saturated rings. The van der Waals surface area contributed by atoms with Crippen molar-refractivity contribution < 1.29 is 36.0 Å². The van der Waals surface area contributed by atoms with Crippen LogP contribution in [0.1, 0.15) is 47.5 Å². The molecule has 0 aliphatic carbocycles. The largest absolute Gasteiger partial charge is 2.00 e. The molecular formula is C52H52CuN4O4. The van der Waals surface area contributed by atoms with Crippen LogP contribution in [0.5, 0.6) is 23.0 Å². The molecule has 0 N–H and O–H groups in total. The summed E-state index contributed by atoms with van der Waals surface area (Å²) in [7, 11) is 6.65. The normalized spacial score (nSPS) is 12.6. The van der Waals surface area contributed by atoms with Gasteiger partial charge in [0, 0.05) is 12.4 Å². The van der Waals surface area contributed by atoms with Crippen molar-refractivity contribution in [1.29, 1.82) is 0 Å². The molecular weight excluding hydrogens is 808 g/mol. The van der Waals surface area contributed by atoms with Crippen LogP contribution in [0, 0.1) is 0 Å². The van der Waals surface area contributed by atoms with Crippen molar-refractivity contribution in [2.75, 3.05) is 41.5 Å². The fourth-order valence-corrected chi connectivity index (χ4v) is 5.94. The van der Waals surface area contributed by atoms with Gasteiger partial charge in [0.2, 0.25) is 0 Å². The van der Waals surface area contributed by atoms with Gasteiger partial charge >= 0.3 is 17.1 Å². The summed E-state index contributed by atoms with van der Waals surface area (Å²) >= 11 is 0. The zero-order chi connectivity index (χ0) is 42.7. The van der Waals surface area contributed by atoms with E-state index >= 15 is 0 Å². The predicted molar refractivity (Wildman–Crippen MR) is 248 cm³/mol. The quantitative estimate of drug-likeness (QED) is 0.128. The van der Waals surface area contributed by atoms with E-state index in [0.717, 1.165) is 103 Å². The number of methoxy groups -OCH3 is 4. The van der Waals surface area contributed by atoms with Crippen LogP contribution >= 0.6 is 0 Å². The molecule has 0 saturated carbocycles. The van der Waals surface area contributed by atoms with E-state index in [0.29, 0.717) is 0 Å². The smallest absolute Gasteiger partial charge is 0.657 e. The molecule has 4 heterocycles. The molecule has 1 radical (unpaired) electrons. The van der Waals surface area contributed by atoms with Gasteiger partial charge in [-0.2, -0.15) is 0 Å². The van der Waals surface area contributed by atoms with Gasteiger partial charge in [-0.1, -0.05) is 109 Å². The molecule has 61 heavy (non-hydrogen) atoms. The molecule has 0 amide bonds. The second-order valence-electron chi connectivity index (χ2n) is 13.4. The fraction of sp³-hybridized carbons (Fsp3) is 0.154. The van der Waals surface area contributed by atoms with Crippen LogP contribution in [-0.2, 0) is 17.1 Å². The second-order valence-corrected chi connectivity index (χ2v) is 13.4. The van der Waals surface area contributed by atoms with E-state index in [9.17, 15) is 0 Å². The first-order valence-electron chi connectivity index (χ1n) is 19.5. The van der Waals surface area contributed by atoms with Gasteiger partial charge in [0.05, 0.1) is 41.5 Å². The number of ether oxygens (including phenoxy) is 4. The van der Waals surface area contributed by atoms with E-state index in [1.54, 1.807) is 40.9 Å². The number of hydrogen-bond acceptors (Lipinski definition) is 6. The molecule has 0 atom stereocenters. The molecule has 315 valence electrons. The van der Waals surface area contributed by atoms with Gasteiger partial charge in [0.25, 0.3) is 0 Å². The summed E-state index contributed by atoms with van der Waals surface area (Å²) in [6.45, 7) is 14.3. The van der Waals surface area contributed by atoms with E-state index in [2.05, 4.69) is 78.4 Å². The second kappa shape index (κ2) is 24.3. The third-order valence-electron chi connectivity index (χ3n) is 9.67. The van der Waals surface area contributed by atoms with Crippen molar-refractivity contribution >= 4 is 34.7 Å². The number of aromatic nitrogens is 2. The average molecular weight is 861 g/mol. The predicted octanol–water partition coefficient (Wildman–Crippen LogP) is 9.13. The molecule has 6 aromatic rings. The topological polar surface area (TPSA) is 89.8 Å². The maximum Gasteiger partial charge on any atom is 2.00 e. The number of hydrogen-bond donors (Lipinski definition) is 0. The molecule has 2 aliphatic heterocycles. The Kier molecular flexibility index (Phi) is 18.7. The zero-order valence-corrected chi connectivity index (χ0v) is 36.5. The van der Waals surface area contributed by atoms with Gasteiger partial charge in [0.15, 0.2) is 0 Å². The van der Waals surface area contributed by atoms with E-state index in [1.165, 1.54) is 0 Å². The maximum atomic E-state index is 5.22. The number of nitrogens with zero attached hydrogens (tertiary/aromatic N) is 4. The third kappa shape index (κ3) is 13.6. The molecule has 0 bridgehead atoms. The number of rotatable bonds is 10. The van der Waals surface area contributed by atoms with E-state index in [-0.39, 0.29) is 17.1 Å². The first-order valence-corrected chi connectivity index (χ1v) is 19.5. The monoisotopic (exact) mass is 859 g/mol. The molecule has 2 aromatic heterocycles. The van der Waals surface area contributed by atoms with E-state index in [4.69, 9.17) is 23.9 Å². The standard InChI is InChI=1S/C22H22NO2.C22H20NO2.2C4H5N.Cu/c2*1-15(17-5-9-19(24-3)10-6-17)21-13-14-22(23-21)16(2)18-7-11-20(25-4)12-8-18;2*1-2-4-5-3-1;/h5-14H,1-4H3;5-14H,1-2H2,3-4H3;2*1-3H,4H2;/q2*-1;;;+2/b21-15+,22-16+;;;;. The third-order valence-corrected chi connectivity index (χ3v) is 9.67. The maximum absolute atomic E-state index is 5.22. The van der Waals surface area contributed by atoms with Crippen molar-refractivity contribution in [3.63, 3.8) is 0 Å². The van der Waals surface area contributed by atoms with Crippen molar-refractivity contribution in [3.05, 3.63) is 203 Å². The summed E-state index contributed by atoms with van der Waals surface area (Å²) in [5.74, 6) is 3.36. The molecule has 0 saturated heterocycles. The number of benzene rings is 4. The Morgan fingerprint density at radius 2 is 0.754 bits per heavy atom. The van der Waals surface area contributed by atoms with E-state index < -0.39 is 0 Å². The van der Waals surface area contributed by atoms with Gasteiger partial charge in [-0.15, -0.1) is 22.1 Å². The Morgan fingerprint density at radius 1 is 0.443 bits per heavy atom. The Morgan fingerprint density at radius 3 is 1.00 bits per heavy atom. The minimum Gasteiger partial charge on any atom is -0.657 e. The molecule has 8 rings (SSSR count). The van der Waals surface area contributed by atoms with Crippen LogP contribution in [0.2, 0.25) is 0 Å². The Balaban J connectivity index is 0.000000215. The number of aliphatic imine (C=N–C) groups is 2. The van der Waals surface area contributed by atoms with Crippen LogP contribution in [0.4, 0.5) is 0 Å². The first kappa shape index (κ1) is 46.9. The molecule has 0 unspecified atom stereocenters. The minimum atomic E-state index is 0. The van der Waals surface area contributed by atoms with Gasteiger partial charge < -0.3 is 28.9 Å². The van der Waals surface area contributed by atoms with Crippen LogP contribution in [0.3, 0.4) is 0 Å². The Bertz CT molecular complexity index is 2360. The van der Waals surface area contributed by atoms with Gasteiger partial charge in [0.1, 0.15) is 23.0 Å². The SMILES string of the molecule is C1=CCN=C1.C1=CCN=C1.C=C(c1ccc(OC)cc1)c1ccc(C(=C)c2ccc(OC)cc2)[n-]1.COc1ccc(/C(C)=c2\cc/c(=C(/C)c3ccc(OC)cc3)[n-]2)cc1.[Cu+2]. The number of allylic oxidation sites excluding steroid dienone is 2. The van der Waals surface area contributed by atoms with Crippen molar-refractivity contribution in [1.82, 2.24) is 9.97 Å². The summed E-state index contributed by atoms with van der Waals surface area (Å²) < 4.78 is 20.8. The van der Waals surface area contributed by atoms with Crippen molar-refractivity contribution in [2.45, 2.75) is 13.8 Å². The van der Waals surface area contributed by atoms with Crippen molar-refractivity contribution in [2.24, 2.45) is 9.98 Å². The van der Waals surface area contributed by atoms with Gasteiger partial charge in [-0.3, -0.25) is 9.98 Å². The Hall–Kier alpha value is -6.80. The summed E-state index contributed by atoms with van der Waals surface area (Å²) in [6, 6.07) is 39.8. The van der Waals surface area contributed by atoms with E-state index in [1.807, 2.05) is 109 Å². The molecule has 2 aliphatic rings. The van der Waals surface area contributed by atoms with Crippen LogP contribution in [0.25, 0.3) is 22.3 Å². The first-order chi connectivity index (χ1) is 29.2. The minimum absolute atomic E-state index is 0. The van der Waals surface area contributed by atoms with Gasteiger partial charge in [-0.05, 0) is 108 Å². The van der Waals surface area contributed by atoms with Crippen LogP contribution < -0.4 is 39.6 Å². The van der Waals surface area contributed by atoms with Crippen LogP contribution in [0.15, 0.2) is 169 Å². The zero-order valence-electron chi connectivity index (χ0n) is 35.6. The van der Waals surface area contributed by atoms with Gasteiger partial charge in [-0.25, -0.2) is 0 Å². The summed E-state index contributed by atoms with van der Waals surface area (Å²) in [6.07, 6.45) is 11.5.